The van der Waals surface area contributed by atoms with Crippen molar-refractivity contribution in [2.45, 2.75) is 19.8 Å². The lowest BCUT2D eigenvalue weighted by Gasteiger charge is -2.07. The molecule has 0 aliphatic rings. The van der Waals surface area contributed by atoms with Crippen molar-refractivity contribution in [1.29, 1.82) is 0 Å². The normalized spacial score (nSPS) is 10.4. The van der Waals surface area contributed by atoms with Crippen molar-refractivity contribution in [1.82, 2.24) is 10.2 Å². The summed E-state index contributed by atoms with van der Waals surface area (Å²) in [6, 6.07) is 1.66. The second kappa shape index (κ2) is 7.65. The third-order valence-corrected chi connectivity index (χ3v) is 2.31. The summed E-state index contributed by atoms with van der Waals surface area (Å²) in [6.45, 7) is 4.40. The smallest absolute Gasteiger partial charge is 0.174 e. The molecule has 4 nitrogen and oxygen atoms in total. The van der Waals surface area contributed by atoms with Crippen LogP contribution in [0.2, 0.25) is 10.3 Å². The number of rotatable bonds is 7. The van der Waals surface area contributed by atoms with E-state index in [9.17, 15) is 0 Å². The van der Waals surface area contributed by atoms with Gasteiger partial charge in [0.15, 0.2) is 10.3 Å². The molecule has 0 spiro atoms. The summed E-state index contributed by atoms with van der Waals surface area (Å²) in [5, 5.41) is 11.1. The lowest BCUT2D eigenvalue weighted by molar-refractivity contribution is 0.134. The maximum Gasteiger partial charge on any atom is 0.174 e. The summed E-state index contributed by atoms with van der Waals surface area (Å²) in [5.74, 6) is 0. The molecule has 0 saturated heterocycles. The van der Waals surface area contributed by atoms with Gasteiger partial charge in [-0.3, -0.25) is 0 Å². The summed E-state index contributed by atoms with van der Waals surface area (Å²) in [7, 11) is 0. The molecule has 1 N–H and O–H groups in total. The molecule has 1 rings (SSSR count). The van der Waals surface area contributed by atoms with Gasteiger partial charge in [-0.15, -0.1) is 10.2 Å². The molecule has 0 unspecified atom stereocenters. The standard InChI is InChI=1S/C10H15Cl2N3O/c1-2-5-16-6-3-4-13-8-7-9(11)14-15-10(8)12/h7H,2-6H2,1H3,(H,13,14). The quantitative estimate of drug-likeness (QED) is 0.769. The molecule has 0 radical (unpaired) electrons. The molecule has 16 heavy (non-hydrogen) atoms. The number of hydrogen-bond acceptors (Lipinski definition) is 4. The lowest BCUT2D eigenvalue weighted by atomic mass is 10.4. The average molecular weight is 264 g/mol. The van der Waals surface area contributed by atoms with E-state index in [0.29, 0.717) is 16.0 Å². The number of anilines is 1. The highest BCUT2D eigenvalue weighted by Gasteiger charge is 2.02. The van der Waals surface area contributed by atoms with E-state index < -0.39 is 0 Å². The maximum atomic E-state index is 5.83. The molecule has 0 fully saturated rings. The fourth-order valence-electron chi connectivity index (χ4n) is 1.12. The number of halogens is 2. The first-order chi connectivity index (χ1) is 7.74. The summed E-state index contributed by atoms with van der Waals surface area (Å²) in [4.78, 5) is 0. The molecular formula is C10H15Cl2N3O. The number of aromatic nitrogens is 2. The Kier molecular flexibility index (Phi) is 6.45. The Morgan fingerprint density at radius 2 is 2.12 bits per heavy atom. The second-order valence-electron chi connectivity index (χ2n) is 3.26. The molecule has 0 aromatic carbocycles. The summed E-state index contributed by atoms with van der Waals surface area (Å²) in [6.07, 6.45) is 1.96. The van der Waals surface area contributed by atoms with E-state index in [1.165, 1.54) is 0 Å². The van der Waals surface area contributed by atoms with Gasteiger partial charge in [0, 0.05) is 25.8 Å². The van der Waals surface area contributed by atoms with Gasteiger partial charge in [-0.25, -0.2) is 0 Å². The molecule has 1 heterocycles. The number of nitrogens with one attached hydrogen (secondary N) is 1. The lowest BCUT2D eigenvalue weighted by Crippen LogP contribution is -2.07. The fourth-order valence-corrected chi connectivity index (χ4v) is 1.43. The zero-order valence-corrected chi connectivity index (χ0v) is 10.7. The zero-order chi connectivity index (χ0) is 11.8. The van der Waals surface area contributed by atoms with Crippen molar-refractivity contribution in [3.05, 3.63) is 16.4 Å². The topological polar surface area (TPSA) is 47.0 Å². The summed E-state index contributed by atoms with van der Waals surface area (Å²) < 4.78 is 5.35. The molecule has 0 amide bonds. The van der Waals surface area contributed by atoms with Crippen molar-refractivity contribution in [2.75, 3.05) is 25.1 Å². The van der Waals surface area contributed by atoms with Gasteiger partial charge in [-0.1, -0.05) is 30.1 Å². The maximum absolute atomic E-state index is 5.83. The van der Waals surface area contributed by atoms with Crippen molar-refractivity contribution >= 4 is 28.9 Å². The van der Waals surface area contributed by atoms with Crippen LogP contribution in [0.25, 0.3) is 0 Å². The summed E-state index contributed by atoms with van der Waals surface area (Å²) >= 11 is 11.5. The van der Waals surface area contributed by atoms with E-state index in [4.69, 9.17) is 27.9 Å². The van der Waals surface area contributed by atoms with Crippen LogP contribution in [0.1, 0.15) is 19.8 Å². The molecule has 0 atom stereocenters. The Balaban J connectivity index is 2.23. The van der Waals surface area contributed by atoms with Crippen LogP contribution in [0.5, 0.6) is 0 Å². The zero-order valence-electron chi connectivity index (χ0n) is 9.17. The van der Waals surface area contributed by atoms with Crippen LogP contribution >= 0.6 is 23.2 Å². The van der Waals surface area contributed by atoms with Crippen LogP contribution in [0.3, 0.4) is 0 Å². The predicted molar refractivity (Wildman–Crippen MR) is 66.3 cm³/mol. The Labute approximate surface area is 105 Å². The number of hydrogen-bond donors (Lipinski definition) is 1. The van der Waals surface area contributed by atoms with Crippen molar-refractivity contribution in [2.24, 2.45) is 0 Å². The number of ether oxygens (including phenoxy) is 1. The van der Waals surface area contributed by atoms with Gasteiger partial charge in [0.1, 0.15) is 0 Å². The fraction of sp³-hybridized carbons (Fsp3) is 0.600. The molecule has 6 heteroatoms. The molecule has 0 aliphatic carbocycles. The van der Waals surface area contributed by atoms with Gasteiger partial charge >= 0.3 is 0 Å². The highest BCUT2D eigenvalue weighted by Crippen LogP contribution is 2.20. The van der Waals surface area contributed by atoms with Crippen LogP contribution in [0.4, 0.5) is 5.69 Å². The van der Waals surface area contributed by atoms with Gasteiger partial charge < -0.3 is 10.1 Å². The van der Waals surface area contributed by atoms with Crippen molar-refractivity contribution in [3.8, 4) is 0 Å². The van der Waals surface area contributed by atoms with Gasteiger partial charge in [-0.2, -0.15) is 0 Å². The van der Waals surface area contributed by atoms with Crippen LogP contribution in [0.15, 0.2) is 6.07 Å². The molecular weight excluding hydrogens is 249 g/mol. The highest BCUT2D eigenvalue weighted by molar-refractivity contribution is 6.33. The Hall–Kier alpha value is -0.580. The van der Waals surface area contributed by atoms with Crippen molar-refractivity contribution < 1.29 is 4.74 Å². The third-order valence-electron chi connectivity index (χ3n) is 1.85. The molecule has 1 aromatic rings. The minimum absolute atomic E-state index is 0.328. The molecule has 0 bridgehead atoms. The van der Waals surface area contributed by atoms with E-state index in [0.717, 1.165) is 32.6 Å². The first-order valence-corrected chi connectivity index (χ1v) is 6.00. The first kappa shape index (κ1) is 13.5. The molecule has 0 saturated carbocycles. The largest absolute Gasteiger partial charge is 0.382 e. The summed E-state index contributed by atoms with van der Waals surface area (Å²) in [5.41, 5.74) is 0.706. The molecule has 1 aromatic heterocycles. The van der Waals surface area contributed by atoms with Gasteiger partial charge in [0.2, 0.25) is 0 Å². The monoisotopic (exact) mass is 263 g/mol. The van der Waals surface area contributed by atoms with E-state index in [2.05, 4.69) is 22.4 Å². The van der Waals surface area contributed by atoms with Gasteiger partial charge in [0.25, 0.3) is 0 Å². The number of nitrogens with zero attached hydrogens (tertiary/aromatic N) is 2. The predicted octanol–water partition coefficient (Wildman–Crippen LogP) is 3.01. The molecule has 0 aliphatic heterocycles. The second-order valence-corrected chi connectivity index (χ2v) is 4.01. The van der Waals surface area contributed by atoms with E-state index in [-0.39, 0.29) is 0 Å². The minimum Gasteiger partial charge on any atom is -0.382 e. The van der Waals surface area contributed by atoms with Crippen LogP contribution in [-0.4, -0.2) is 30.0 Å². The van der Waals surface area contributed by atoms with Gasteiger partial charge in [0.05, 0.1) is 5.69 Å². The van der Waals surface area contributed by atoms with Gasteiger partial charge in [-0.05, 0) is 12.8 Å². The highest BCUT2D eigenvalue weighted by atomic mass is 35.5. The van der Waals surface area contributed by atoms with E-state index in [1.54, 1.807) is 6.07 Å². The SMILES string of the molecule is CCCOCCCNc1cc(Cl)nnc1Cl. The Morgan fingerprint density at radius 1 is 1.31 bits per heavy atom. The third kappa shape index (κ3) is 4.96. The minimum atomic E-state index is 0.328. The van der Waals surface area contributed by atoms with Crippen LogP contribution < -0.4 is 5.32 Å². The van der Waals surface area contributed by atoms with Crippen molar-refractivity contribution in [3.63, 3.8) is 0 Å². The Morgan fingerprint density at radius 3 is 2.88 bits per heavy atom. The van der Waals surface area contributed by atoms with E-state index >= 15 is 0 Å². The van der Waals surface area contributed by atoms with Crippen LogP contribution in [0, 0.1) is 0 Å². The molecule has 90 valence electrons. The first-order valence-electron chi connectivity index (χ1n) is 5.24. The van der Waals surface area contributed by atoms with Crippen LogP contribution in [-0.2, 0) is 4.74 Å². The van der Waals surface area contributed by atoms with E-state index in [1.807, 2.05) is 0 Å². The Bertz CT molecular complexity index is 323. The average Bonchev–Trinajstić information content (AvgIpc) is 2.28.